The number of aromatic nitrogens is 1. The Kier molecular flexibility index (Phi) is 4.11. The molecule has 1 aromatic carbocycles. The van der Waals surface area contributed by atoms with E-state index in [0.29, 0.717) is 6.04 Å². The SMILES string of the molecule is CCC(NC)c1cccc(-c2ccc(C)nc2)c1. The van der Waals surface area contributed by atoms with Crippen molar-refractivity contribution >= 4 is 0 Å². The second-order valence-electron chi connectivity index (χ2n) is 4.56. The molecule has 0 spiro atoms. The molecule has 0 fully saturated rings. The van der Waals surface area contributed by atoms with Gasteiger partial charge in [-0.05, 0) is 43.7 Å². The van der Waals surface area contributed by atoms with Crippen molar-refractivity contribution in [3.63, 3.8) is 0 Å². The zero-order valence-corrected chi connectivity index (χ0v) is 11.3. The quantitative estimate of drug-likeness (QED) is 0.881. The van der Waals surface area contributed by atoms with Gasteiger partial charge in [0.2, 0.25) is 0 Å². The molecule has 1 unspecified atom stereocenters. The minimum absolute atomic E-state index is 0.420. The van der Waals surface area contributed by atoms with Crippen molar-refractivity contribution in [3.05, 3.63) is 53.9 Å². The summed E-state index contributed by atoms with van der Waals surface area (Å²) < 4.78 is 0. The van der Waals surface area contributed by atoms with Gasteiger partial charge in [-0.3, -0.25) is 4.98 Å². The van der Waals surface area contributed by atoms with E-state index in [0.717, 1.165) is 12.1 Å². The maximum Gasteiger partial charge on any atom is 0.0373 e. The summed E-state index contributed by atoms with van der Waals surface area (Å²) in [4.78, 5) is 4.35. The average molecular weight is 240 g/mol. The molecule has 0 aliphatic heterocycles. The maximum atomic E-state index is 4.35. The van der Waals surface area contributed by atoms with Gasteiger partial charge in [0.15, 0.2) is 0 Å². The van der Waals surface area contributed by atoms with E-state index in [4.69, 9.17) is 0 Å². The molecule has 1 aromatic heterocycles. The molecule has 94 valence electrons. The first kappa shape index (κ1) is 12.8. The highest BCUT2D eigenvalue weighted by Gasteiger charge is 2.07. The summed E-state index contributed by atoms with van der Waals surface area (Å²) in [6.45, 7) is 4.20. The first-order valence-corrected chi connectivity index (χ1v) is 6.45. The van der Waals surface area contributed by atoms with Gasteiger partial charge < -0.3 is 5.32 Å². The van der Waals surface area contributed by atoms with E-state index < -0.39 is 0 Å². The fraction of sp³-hybridized carbons (Fsp3) is 0.312. The van der Waals surface area contributed by atoms with Crippen LogP contribution in [0.2, 0.25) is 0 Å². The van der Waals surface area contributed by atoms with Crippen LogP contribution in [0.3, 0.4) is 0 Å². The minimum Gasteiger partial charge on any atom is -0.313 e. The van der Waals surface area contributed by atoms with Crippen LogP contribution in [-0.4, -0.2) is 12.0 Å². The lowest BCUT2D eigenvalue weighted by Gasteiger charge is -2.15. The van der Waals surface area contributed by atoms with Crippen LogP contribution < -0.4 is 5.32 Å². The molecule has 2 rings (SSSR count). The van der Waals surface area contributed by atoms with Gasteiger partial charge in [0, 0.05) is 23.5 Å². The molecular formula is C16H20N2. The molecule has 18 heavy (non-hydrogen) atoms. The Hall–Kier alpha value is -1.67. The maximum absolute atomic E-state index is 4.35. The summed E-state index contributed by atoms with van der Waals surface area (Å²) >= 11 is 0. The summed E-state index contributed by atoms with van der Waals surface area (Å²) in [6.07, 6.45) is 3.03. The third-order valence-corrected chi connectivity index (χ3v) is 3.29. The van der Waals surface area contributed by atoms with Crippen LogP contribution in [0.15, 0.2) is 42.6 Å². The van der Waals surface area contributed by atoms with Crippen molar-refractivity contribution < 1.29 is 0 Å². The van der Waals surface area contributed by atoms with Crippen molar-refractivity contribution in [3.8, 4) is 11.1 Å². The molecule has 1 heterocycles. The van der Waals surface area contributed by atoms with E-state index in [1.165, 1.54) is 16.7 Å². The lowest BCUT2D eigenvalue weighted by atomic mass is 9.99. The second kappa shape index (κ2) is 5.78. The number of pyridine rings is 1. The van der Waals surface area contributed by atoms with Crippen molar-refractivity contribution in [2.75, 3.05) is 7.05 Å². The molecule has 0 bridgehead atoms. The van der Waals surface area contributed by atoms with E-state index in [2.05, 4.69) is 53.6 Å². The zero-order chi connectivity index (χ0) is 13.0. The summed E-state index contributed by atoms with van der Waals surface area (Å²) in [7, 11) is 2.01. The lowest BCUT2D eigenvalue weighted by molar-refractivity contribution is 0.577. The molecular weight excluding hydrogens is 220 g/mol. The van der Waals surface area contributed by atoms with Crippen LogP contribution in [-0.2, 0) is 0 Å². The molecule has 0 amide bonds. The van der Waals surface area contributed by atoms with Crippen molar-refractivity contribution in [2.24, 2.45) is 0 Å². The molecule has 2 aromatic rings. The molecule has 0 radical (unpaired) electrons. The molecule has 0 aliphatic rings. The lowest BCUT2D eigenvalue weighted by Crippen LogP contribution is -2.15. The van der Waals surface area contributed by atoms with Crippen LogP contribution in [0.25, 0.3) is 11.1 Å². The number of hydrogen-bond acceptors (Lipinski definition) is 2. The Morgan fingerprint density at radius 1 is 1.17 bits per heavy atom. The van der Waals surface area contributed by atoms with Crippen LogP contribution >= 0.6 is 0 Å². The molecule has 0 saturated carbocycles. The first-order valence-electron chi connectivity index (χ1n) is 6.45. The monoisotopic (exact) mass is 240 g/mol. The molecule has 1 atom stereocenters. The number of hydrogen-bond donors (Lipinski definition) is 1. The molecule has 2 nitrogen and oxygen atoms in total. The summed E-state index contributed by atoms with van der Waals surface area (Å²) in [6, 6.07) is 13.3. The molecule has 0 aliphatic carbocycles. The van der Waals surface area contributed by atoms with Gasteiger partial charge in [-0.15, -0.1) is 0 Å². The Morgan fingerprint density at radius 3 is 2.61 bits per heavy atom. The molecule has 2 heteroatoms. The number of benzene rings is 1. The third kappa shape index (κ3) is 2.77. The normalized spacial score (nSPS) is 12.4. The number of nitrogens with one attached hydrogen (secondary N) is 1. The molecule has 0 saturated heterocycles. The van der Waals surface area contributed by atoms with E-state index in [-0.39, 0.29) is 0 Å². The van der Waals surface area contributed by atoms with Crippen LogP contribution in [0.5, 0.6) is 0 Å². The van der Waals surface area contributed by atoms with Gasteiger partial charge in [-0.25, -0.2) is 0 Å². The van der Waals surface area contributed by atoms with Crippen molar-refractivity contribution in [1.82, 2.24) is 10.3 Å². The highest BCUT2D eigenvalue weighted by Crippen LogP contribution is 2.24. The topological polar surface area (TPSA) is 24.9 Å². The predicted molar refractivity (Wildman–Crippen MR) is 76.5 cm³/mol. The van der Waals surface area contributed by atoms with E-state index in [1.54, 1.807) is 0 Å². The summed E-state index contributed by atoms with van der Waals surface area (Å²) in [5.41, 5.74) is 4.79. The number of nitrogens with zero attached hydrogens (tertiary/aromatic N) is 1. The Morgan fingerprint density at radius 2 is 2.00 bits per heavy atom. The number of aryl methyl sites for hydroxylation is 1. The van der Waals surface area contributed by atoms with Crippen LogP contribution in [0.4, 0.5) is 0 Å². The van der Waals surface area contributed by atoms with Gasteiger partial charge in [0.05, 0.1) is 0 Å². The van der Waals surface area contributed by atoms with E-state index >= 15 is 0 Å². The highest BCUT2D eigenvalue weighted by molar-refractivity contribution is 5.63. The second-order valence-corrected chi connectivity index (χ2v) is 4.56. The zero-order valence-electron chi connectivity index (χ0n) is 11.3. The minimum atomic E-state index is 0.420. The van der Waals surface area contributed by atoms with Crippen LogP contribution in [0.1, 0.15) is 30.6 Å². The Labute approximate surface area is 109 Å². The van der Waals surface area contributed by atoms with Gasteiger partial charge in [0.25, 0.3) is 0 Å². The summed E-state index contributed by atoms with van der Waals surface area (Å²) in [5.74, 6) is 0. The van der Waals surface area contributed by atoms with Gasteiger partial charge >= 0.3 is 0 Å². The average Bonchev–Trinajstić information content (AvgIpc) is 2.41. The van der Waals surface area contributed by atoms with Gasteiger partial charge in [-0.2, -0.15) is 0 Å². The van der Waals surface area contributed by atoms with Crippen molar-refractivity contribution in [2.45, 2.75) is 26.3 Å². The Balaban J connectivity index is 2.34. The standard InChI is InChI=1S/C16H20N2/c1-4-16(17-3)14-7-5-6-13(10-14)15-9-8-12(2)18-11-15/h5-11,16-17H,4H2,1-3H3. The molecule has 1 N–H and O–H groups in total. The largest absolute Gasteiger partial charge is 0.313 e. The predicted octanol–water partition coefficient (Wildman–Crippen LogP) is 3.73. The van der Waals surface area contributed by atoms with Gasteiger partial charge in [0.1, 0.15) is 0 Å². The first-order chi connectivity index (χ1) is 8.74. The van der Waals surface area contributed by atoms with Crippen molar-refractivity contribution in [1.29, 1.82) is 0 Å². The van der Waals surface area contributed by atoms with E-state index in [9.17, 15) is 0 Å². The fourth-order valence-corrected chi connectivity index (χ4v) is 2.18. The third-order valence-electron chi connectivity index (χ3n) is 3.29. The number of rotatable bonds is 4. The van der Waals surface area contributed by atoms with E-state index in [1.807, 2.05) is 20.2 Å². The Bertz CT molecular complexity index is 499. The summed E-state index contributed by atoms with van der Waals surface area (Å²) in [5, 5.41) is 3.34. The highest BCUT2D eigenvalue weighted by atomic mass is 14.9. The van der Waals surface area contributed by atoms with Crippen LogP contribution in [0, 0.1) is 6.92 Å². The smallest absolute Gasteiger partial charge is 0.0373 e. The fourth-order valence-electron chi connectivity index (χ4n) is 2.18. The van der Waals surface area contributed by atoms with Gasteiger partial charge in [-0.1, -0.05) is 31.2 Å².